The molecule has 0 unspecified atom stereocenters. The SMILES string of the molecule is CC(C)CN1CCN(c2cccc3c2CCCN3)CC1. The molecule has 3 rings (SSSR count). The van der Waals surface area contributed by atoms with E-state index < -0.39 is 0 Å². The summed E-state index contributed by atoms with van der Waals surface area (Å²) in [6, 6.07) is 6.74. The molecule has 1 N–H and O–H groups in total. The van der Waals surface area contributed by atoms with Crippen LogP contribution in [0.4, 0.5) is 11.4 Å². The molecule has 0 aliphatic carbocycles. The molecule has 0 bridgehead atoms. The molecule has 2 heterocycles. The van der Waals surface area contributed by atoms with Gasteiger partial charge in [0.05, 0.1) is 0 Å². The Morgan fingerprint density at radius 3 is 2.70 bits per heavy atom. The van der Waals surface area contributed by atoms with Crippen LogP contribution in [0.3, 0.4) is 0 Å². The van der Waals surface area contributed by atoms with Crippen LogP contribution in [0.1, 0.15) is 25.8 Å². The highest BCUT2D eigenvalue weighted by atomic mass is 15.3. The minimum absolute atomic E-state index is 0.773. The average Bonchev–Trinajstić information content (AvgIpc) is 2.47. The van der Waals surface area contributed by atoms with Crippen molar-refractivity contribution in [3.63, 3.8) is 0 Å². The Bertz CT molecular complexity index is 448. The summed E-state index contributed by atoms with van der Waals surface area (Å²) in [4.78, 5) is 5.19. The number of nitrogens with one attached hydrogen (secondary N) is 1. The van der Waals surface area contributed by atoms with Crippen LogP contribution in [0.2, 0.25) is 0 Å². The smallest absolute Gasteiger partial charge is 0.0420 e. The van der Waals surface area contributed by atoms with Crippen LogP contribution in [-0.4, -0.2) is 44.2 Å². The van der Waals surface area contributed by atoms with Crippen LogP contribution in [0.5, 0.6) is 0 Å². The maximum Gasteiger partial charge on any atom is 0.0420 e. The first-order valence-corrected chi connectivity index (χ1v) is 8.07. The predicted molar refractivity (Wildman–Crippen MR) is 86.7 cm³/mol. The maximum atomic E-state index is 3.54. The fraction of sp³-hybridized carbons (Fsp3) is 0.647. The third kappa shape index (κ3) is 2.93. The molecule has 0 aromatic heterocycles. The van der Waals surface area contributed by atoms with Crippen molar-refractivity contribution in [1.82, 2.24) is 4.90 Å². The van der Waals surface area contributed by atoms with Gasteiger partial charge in [-0.05, 0) is 36.5 Å². The Kier molecular flexibility index (Phi) is 4.16. The highest BCUT2D eigenvalue weighted by Gasteiger charge is 2.21. The number of piperazine rings is 1. The van der Waals surface area contributed by atoms with E-state index in [0.29, 0.717) is 0 Å². The quantitative estimate of drug-likeness (QED) is 0.913. The largest absolute Gasteiger partial charge is 0.385 e. The van der Waals surface area contributed by atoms with Gasteiger partial charge in [0.1, 0.15) is 0 Å². The van der Waals surface area contributed by atoms with Crippen LogP contribution >= 0.6 is 0 Å². The number of benzene rings is 1. The summed E-state index contributed by atoms with van der Waals surface area (Å²) in [5.74, 6) is 0.773. The number of nitrogens with zero attached hydrogens (tertiary/aromatic N) is 2. The zero-order valence-electron chi connectivity index (χ0n) is 12.9. The van der Waals surface area contributed by atoms with Crippen molar-refractivity contribution >= 4 is 11.4 Å². The van der Waals surface area contributed by atoms with Gasteiger partial charge in [-0.2, -0.15) is 0 Å². The lowest BCUT2D eigenvalue weighted by atomic mass is 10.00. The van der Waals surface area contributed by atoms with Crippen molar-refractivity contribution in [3.8, 4) is 0 Å². The molecule has 1 fully saturated rings. The van der Waals surface area contributed by atoms with Crippen molar-refractivity contribution in [2.24, 2.45) is 5.92 Å². The van der Waals surface area contributed by atoms with Crippen molar-refractivity contribution in [3.05, 3.63) is 23.8 Å². The second kappa shape index (κ2) is 6.04. The van der Waals surface area contributed by atoms with E-state index in [0.717, 1.165) is 12.5 Å². The van der Waals surface area contributed by atoms with E-state index in [1.54, 1.807) is 0 Å². The van der Waals surface area contributed by atoms with E-state index in [2.05, 4.69) is 47.2 Å². The standard InChI is InChI=1S/C17H27N3/c1-14(2)13-19-9-11-20(12-10-19)17-7-3-6-16-15(17)5-4-8-18-16/h3,6-7,14,18H,4-5,8-13H2,1-2H3. The molecule has 2 aliphatic heterocycles. The molecule has 20 heavy (non-hydrogen) atoms. The Balaban J connectivity index is 1.69. The molecule has 0 atom stereocenters. The van der Waals surface area contributed by atoms with Crippen LogP contribution in [0, 0.1) is 5.92 Å². The Labute approximate surface area is 123 Å². The normalized spacial score (nSPS) is 19.9. The maximum absolute atomic E-state index is 3.54. The van der Waals surface area contributed by atoms with Crippen LogP contribution in [-0.2, 0) is 6.42 Å². The third-order valence-electron chi connectivity index (χ3n) is 4.41. The van der Waals surface area contributed by atoms with Gasteiger partial charge in [0.15, 0.2) is 0 Å². The summed E-state index contributed by atoms with van der Waals surface area (Å²) in [6.45, 7) is 11.7. The second-order valence-electron chi connectivity index (χ2n) is 6.52. The van der Waals surface area contributed by atoms with Gasteiger partial charge in [-0.15, -0.1) is 0 Å². The second-order valence-corrected chi connectivity index (χ2v) is 6.52. The van der Waals surface area contributed by atoms with Gasteiger partial charge in [-0.3, -0.25) is 4.90 Å². The molecular weight excluding hydrogens is 246 g/mol. The zero-order valence-corrected chi connectivity index (χ0v) is 12.9. The van der Waals surface area contributed by atoms with Crippen LogP contribution < -0.4 is 10.2 Å². The lowest BCUT2D eigenvalue weighted by Crippen LogP contribution is -2.47. The van der Waals surface area contributed by atoms with Crippen LogP contribution in [0.15, 0.2) is 18.2 Å². The third-order valence-corrected chi connectivity index (χ3v) is 4.41. The zero-order chi connectivity index (χ0) is 13.9. The summed E-state index contributed by atoms with van der Waals surface area (Å²) < 4.78 is 0. The Hall–Kier alpha value is -1.22. The predicted octanol–water partition coefficient (Wildman–Crippen LogP) is 2.82. The van der Waals surface area contributed by atoms with Crippen molar-refractivity contribution in [2.45, 2.75) is 26.7 Å². The number of rotatable bonds is 3. The van der Waals surface area contributed by atoms with Crippen molar-refractivity contribution in [1.29, 1.82) is 0 Å². The van der Waals surface area contributed by atoms with Gasteiger partial charge < -0.3 is 10.2 Å². The minimum Gasteiger partial charge on any atom is -0.385 e. The summed E-state index contributed by atoms with van der Waals surface area (Å²) in [5, 5.41) is 3.54. The molecule has 0 radical (unpaired) electrons. The Morgan fingerprint density at radius 2 is 1.95 bits per heavy atom. The van der Waals surface area contributed by atoms with E-state index in [1.165, 1.54) is 62.5 Å². The molecule has 1 aromatic carbocycles. The minimum atomic E-state index is 0.773. The monoisotopic (exact) mass is 273 g/mol. The van der Waals surface area contributed by atoms with E-state index in [4.69, 9.17) is 0 Å². The van der Waals surface area contributed by atoms with Gasteiger partial charge in [0.2, 0.25) is 0 Å². The summed E-state index contributed by atoms with van der Waals surface area (Å²) >= 11 is 0. The first kappa shape index (κ1) is 13.7. The lowest BCUT2D eigenvalue weighted by Gasteiger charge is -2.38. The van der Waals surface area contributed by atoms with E-state index >= 15 is 0 Å². The molecule has 0 spiro atoms. The van der Waals surface area contributed by atoms with E-state index in [9.17, 15) is 0 Å². The molecular formula is C17H27N3. The molecule has 110 valence electrons. The molecule has 0 saturated carbocycles. The summed E-state index contributed by atoms with van der Waals surface area (Å²) in [7, 11) is 0. The van der Waals surface area contributed by atoms with Crippen molar-refractivity contribution < 1.29 is 0 Å². The number of hydrogen-bond acceptors (Lipinski definition) is 3. The Morgan fingerprint density at radius 1 is 1.15 bits per heavy atom. The van der Waals surface area contributed by atoms with Gasteiger partial charge >= 0.3 is 0 Å². The topological polar surface area (TPSA) is 18.5 Å². The lowest BCUT2D eigenvalue weighted by molar-refractivity contribution is 0.231. The summed E-state index contributed by atoms with van der Waals surface area (Å²) in [5.41, 5.74) is 4.37. The summed E-state index contributed by atoms with van der Waals surface area (Å²) in [6.07, 6.45) is 2.49. The van der Waals surface area contributed by atoms with E-state index in [-0.39, 0.29) is 0 Å². The fourth-order valence-electron chi connectivity index (χ4n) is 3.48. The number of anilines is 2. The molecule has 0 amide bonds. The first-order valence-electron chi connectivity index (χ1n) is 8.07. The van der Waals surface area contributed by atoms with E-state index in [1.807, 2.05) is 0 Å². The highest BCUT2D eigenvalue weighted by molar-refractivity contribution is 5.68. The van der Waals surface area contributed by atoms with Gasteiger partial charge in [-0.25, -0.2) is 0 Å². The first-order chi connectivity index (χ1) is 9.74. The van der Waals surface area contributed by atoms with Gasteiger partial charge in [0.25, 0.3) is 0 Å². The average molecular weight is 273 g/mol. The van der Waals surface area contributed by atoms with Crippen LogP contribution in [0.25, 0.3) is 0 Å². The fourth-order valence-corrected chi connectivity index (χ4v) is 3.48. The molecule has 3 heteroatoms. The number of hydrogen-bond donors (Lipinski definition) is 1. The highest BCUT2D eigenvalue weighted by Crippen LogP contribution is 2.32. The molecule has 1 aromatic rings. The van der Waals surface area contributed by atoms with Crippen molar-refractivity contribution in [2.75, 3.05) is 49.5 Å². The molecule has 1 saturated heterocycles. The van der Waals surface area contributed by atoms with Gasteiger partial charge in [-0.1, -0.05) is 19.9 Å². The molecule has 3 nitrogen and oxygen atoms in total. The van der Waals surface area contributed by atoms with Gasteiger partial charge in [0, 0.05) is 50.6 Å². The molecule has 2 aliphatic rings. The number of fused-ring (bicyclic) bond motifs is 1.